The lowest BCUT2D eigenvalue weighted by atomic mass is 10.0. The highest BCUT2D eigenvalue weighted by atomic mass is 16.4. The molecule has 0 aromatic rings. The number of hydrogen-bond acceptors (Lipinski definition) is 6. The second kappa shape index (κ2) is 9.48. The molecule has 0 saturated carbocycles. The van der Waals surface area contributed by atoms with Crippen LogP contribution in [0.2, 0.25) is 0 Å². The Morgan fingerprint density at radius 1 is 1.15 bits per heavy atom. The van der Waals surface area contributed by atoms with Gasteiger partial charge in [-0.05, 0) is 25.7 Å². The third-order valence-electron chi connectivity index (χ3n) is 4.34. The predicted molar refractivity (Wildman–Crippen MR) is 91.8 cm³/mol. The van der Waals surface area contributed by atoms with Gasteiger partial charge < -0.3 is 31.5 Å². The molecule has 0 aliphatic carbocycles. The van der Waals surface area contributed by atoms with Gasteiger partial charge in [0, 0.05) is 6.54 Å². The van der Waals surface area contributed by atoms with Gasteiger partial charge in [-0.25, -0.2) is 4.79 Å². The Labute approximate surface area is 152 Å². The van der Waals surface area contributed by atoms with Crippen LogP contribution < -0.4 is 16.4 Å². The maximum absolute atomic E-state index is 12.7. The van der Waals surface area contributed by atoms with Crippen LogP contribution in [0.4, 0.5) is 0 Å². The molecule has 1 fully saturated rings. The maximum Gasteiger partial charge on any atom is 0.326 e. The van der Waals surface area contributed by atoms with Crippen molar-refractivity contribution in [1.82, 2.24) is 15.5 Å². The summed E-state index contributed by atoms with van der Waals surface area (Å²) in [4.78, 5) is 49.3. The molecular weight excluding hydrogens is 344 g/mol. The molecule has 1 aliphatic rings. The van der Waals surface area contributed by atoms with E-state index in [-0.39, 0.29) is 5.92 Å². The Balaban J connectivity index is 2.78. The smallest absolute Gasteiger partial charge is 0.326 e. The Hall–Kier alpha value is -2.20. The molecule has 1 aliphatic heterocycles. The zero-order valence-electron chi connectivity index (χ0n) is 15.3. The van der Waals surface area contributed by atoms with Gasteiger partial charge in [-0.2, -0.15) is 0 Å². The quantitative estimate of drug-likeness (QED) is 0.330. The highest BCUT2D eigenvalue weighted by Crippen LogP contribution is 2.20. The third kappa shape index (κ3) is 5.40. The number of rotatable bonds is 8. The van der Waals surface area contributed by atoms with Crippen LogP contribution >= 0.6 is 0 Å². The monoisotopic (exact) mass is 372 g/mol. The van der Waals surface area contributed by atoms with Crippen molar-refractivity contribution in [2.75, 3.05) is 13.2 Å². The molecule has 1 heterocycles. The van der Waals surface area contributed by atoms with Crippen LogP contribution in [-0.2, 0) is 19.2 Å². The summed E-state index contributed by atoms with van der Waals surface area (Å²) in [5.74, 6) is -3.08. The van der Waals surface area contributed by atoms with Crippen molar-refractivity contribution < 1.29 is 29.4 Å². The summed E-state index contributed by atoms with van der Waals surface area (Å²) in [6, 6.07) is -3.91. The average molecular weight is 372 g/mol. The van der Waals surface area contributed by atoms with Crippen molar-refractivity contribution in [3.05, 3.63) is 0 Å². The van der Waals surface area contributed by atoms with E-state index in [0.717, 1.165) is 0 Å². The molecule has 10 nitrogen and oxygen atoms in total. The summed E-state index contributed by atoms with van der Waals surface area (Å²) >= 11 is 0. The summed E-state index contributed by atoms with van der Waals surface area (Å²) in [5, 5.41) is 23.0. The van der Waals surface area contributed by atoms with E-state index in [1.807, 2.05) is 0 Å². The molecule has 0 radical (unpaired) electrons. The number of nitrogens with two attached hydrogens (primary N) is 1. The SMILES string of the molecule is CC(NC(=O)C(N)CO)C(=O)NC(C(=O)N1CCCC1C(=O)O)C(C)C. The number of carbonyl (C=O) groups is 4. The van der Waals surface area contributed by atoms with E-state index in [1.165, 1.54) is 11.8 Å². The number of nitrogens with one attached hydrogen (secondary N) is 2. The summed E-state index contributed by atoms with van der Waals surface area (Å²) in [5.41, 5.74) is 5.38. The normalized spacial score (nSPS) is 20.4. The first kappa shape index (κ1) is 21.8. The van der Waals surface area contributed by atoms with E-state index in [1.54, 1.807) is 13.8 Å². The van der Waals surface area contributed by atoms with Gasteiger partial charge in [0.1, 0.15) is 24.2 Å². The molecular formula is C16H28N4O6. The van der Waals surface area contributed by atoms with Gasteiger partial charge in [-0.3, -0.25) is 14.4 Å². The van der Waals surface area contributed by atoms with Crippen LogP contribution in [0, 0.1) is 5.92 Å². The highest BCUT2D eigenvalue weighted by Gasteiger charge is 2.39. The molecule has 4 atom stereocenters. The molecule has 26 heavy (non-hydrogen) atoms. The van der Waals surface area contributed by atoms with E-state index in [4.69, 9.17) is 10.8 Å². The van der Waals surface area contributed by atoms with Crippen molar-refractivity contribution in [2.45, 2.75) is 57.8 Å². The van der Waals surface area contributed by atoms with Gasteiger partial charge in [-0.15, -0.1) is 0 Å². The molecule has 0 bridgehead atoms. The minimum Gasteiger partial charge on any atom is -0.480 e. The first-order chi connectivity index (χ1) is 12.1. The minimum atomic E-state index is -1.14. The Bertz CT molecular complexity index is 553. The number of aliphatic hydroxyl groups is 1. The number of carboxylic acids is 1. The second-order valence-corrected chi connectivity index (χ2v) is 6.78. The number of aliphatic carboxylic acids is 1. The van der Waals surface area contributed by atoms with Crippen LogP contribution in [0.25, 0.3) is 0 Å². The number of nitrogens with zero attached hydrogens (tertiary/aromatic N) is 1. The van der Waals surface area contributed by atoms with E-state index >= 15 is 0 Å². The van der Waals surface area contributed by atoms with Gasteiger partial charge >= 0.3 is 5.97 Å². The Kier molecular flexibility index (Phi) is 7.97. The van der Waals surface area contributed by atoms with Gasteiger partial charge in [0.2, 0.25) is 17.7 Å². The molecule has 0 aromatic carbocycles. The Morgan fingerprint density at radius 3 is 2.27 bits per heavy atom. The fourth-order valence-electron chi connectivity index (χ4n) is 2.73. The fourth-order valence-corrected chi connectivity index (χ4v) is 2.73. The lowest BCUT2D eigenvalue weighted by Crippen LogP contribution is -2.58. The molecule has 3 amide bonds. The largest absolute Gasteiger partial charge is 0.480 e. The first-order valence-electron chi connectivity index (χ1n) is 8.60. The standard InChI is InChI=1S/C16H28N4O6/c1-8(2)12(15(24)20-6-4-5-11(20)16(25)26)19-13(22)9(3)18-14(23)10(17)7-21/h8-12,21H,4-7,17H2,1-3H3,(H,18,23)(H,19,22)(H,25,26). The predicted octanol–water partition coefficient (Wildman–Crippen LogP) is -1.97. The zero-order chi connectivity index (χ0) is 20.0. The van der Waals surface area contributed by atoms with Gasteiger partial charge in [-0.1, -0.05) is 13.8 Å². The highest BCUT2D eigenvalue weighted by molar-refractivity contribution is 5.94. The van der Waals surface area contributed by atoms with E-state index in [0.29, 0.717) is 19.4 Å². The number of likely N-dealkylation sites (tertiary alicyclic amines) is 1. The number of carboxylic acid groups (broad SMARTS) is 1. The number of hydrogen-bond donors (Lipinski definition) is 5. The van der Waals surface area contributed by atoms with Crippen LogP contribution in [0.3, 0.4) is 0 Å². The summed E-state index contributed by atoms with van der Waals surface area (Å²) in [6.45, 7) is 4.67. The summed E-state index contributed by atoms with van der Waals surface area (Å²) < 4.78 is 0. The van der Waals surface area contributed by atoms with Crippen LogP contribution in [-0.4, -0.2) is 76.1 Å². The Morgan fingerprint density at radius 2 is 1.77 bits per heavy atom. The molecule has 1 rings (SSSR count). The van der Waals surface area contributed by atoms with Crippen molar-refractivity contribution >= 4 is 23.7 Å². The van der Waals surface area contributed by atoms with Gasteiger partial charge in [0.15, 0.2) is 0 Å². The topological polar surface area (TPSA) is 162 Å². The molecule has 10 heteroatoms. The van der Waals surface area contributed by atoms with Gasteiger partial charge in [0.05, 0.1) is 6.61 Å². The molecule has 0 aromatic heterocycles. The van der Waals surface area contributed by atoms with E-state index in [2.05, 4.69) is 10.6 Å². The van der Waals surface area contributed by atoms with Crippen LogP contribution in [0.1, 0.15) is 33.6 Å². The van der Waals surface area contributed by atoms with Crippen molar-refractivity contribution in [2.24, 2.45) is 11.7 Å². The number of amides is 3. The molecule has 0 spiro atoms. The van der Waals surface area contributed by atoms with E-state index < -0.39 is 54.5 Å². The maximum atomic E-state index is 12.7. The zero-order valence-corrected chi connectivity index (χ0v) is 15.3. The third-order valence-corrected chi connectivity index (χ3v) is 4.34. The van der Waals surface area contributed by atoms with E-state index in [9.17, 15) is 24.3 Å². The summed E-state index contributed by atoms with van der Waals surface area (Å²) in [6.07, 6.45) is 0.971. The summed E-state index contributed by atoms with van der Waals surface area (Å²) in [7, 11) is 0. The molecule has 4 unspecified atom stereocenters. The van der Waals surface area contributed by atoms with Crippen molar-refractivity contribution in [3.8, 4) is 0 Å². The molecule has 1 saturated heterocycles. The first-order valence-corrected chi connectivity index (χ1v) is 8.60. The lowest BCUT2D eigenvalue weighted by molar-refractivity contribution is -0.150. The molecule has 148 valence electrons. The van der Waals surface area contributed by atoms with Crippen molar-refractivity contribution in [1.29, 1.82) is 0 Å². The van der Waals surface area contributed by atoms with Gasteiger partial charge in [0.25, 0.3) is 0 Å². The fraction of sp³-hybridized carbons (Fsp3) is 0.750. The van der Waals surface area contributed by atoms with Crippen LogP contribution in [0.15, 0.2) is 0 Å². The number of carbonyl (C=O) groups excluding carboxylic acids is 3. The van der Waals surface area contributed by atoms with Crippen LogP contribution in [0.5, 0.6) is 0 Å². The minimum absolute atomic E-state index is 0.274. The van der Waals surface area contributed by atoms with Crippen molar-refractivity contribution in [3.63, 3.8) is 0 Å². The lowest BCUT2D eigenvalue weighted by Gasteiger charge is -2.30. The number of aliphatic hydroxyl groups excluding tert-OH is 1. The second-order valence-electron chi connectivity index (χ2n) is 6.78. The average Bonchev–Trinajstić information content (AvgIpc) is 3.07. The molecule has 6 N–H and O–H groups in total.